The van der Waals surface area contributed by atoms with Crippen LogP contribution in [-0.4, -0.2) is 55.3 Å². The molecule has 1 N–H and O–H groups in total. The maximum absolute atomic E-state index is 12.5. The summed E-state index contributed by atoms with van der Waals surface area (Å²) in [6.07, 6.45) is 7.10. The largest absolute Gasteiger partial charge is 0.497 e. The van der Waals surface area contributed by atoms with Crippen LogP contribution in [0.5, 0.6) is 17.4 Å². The van der Waals surface area contributed by atoms with Gasteiger partial charge in [-0.1, -0.05) is 6.07 Å². The summed E-state index contributed by atoms with van der Waals surface area (Å²) in [4.78, 5) is 23.5. The van der Waals surface area contributed by atoms with Crippen LogP contribution in [0.2, 0.25) is 0 Å². The van der Waals surface area contributed by atoms with Gasteiger partial charge < -0.3 is 24.4 Å². The lowest BCUT2D eigenvalue weighted by atomic mass is 9.96. The molecule has 8 heteroatoms. The van der Waals surface area contributed by atoms with E-state index in [0.29, 0.717) is 29.7 Å². The zero-order chi connectivity index (χ0) is 20.8. The number of benzene rings is 1. The van der Waals surface area contributed by atoms with Gasteiger partial charge in [-0.2, -0.15) is 0 Å². The SMILES string of the molecule is COc1cccc(Oc2nccnc2N2CCC(C(=O)NC[C@H]3CCCO3)CC2)c1. The van der Waals surface area contributed by atoms with E-state index >= 15 is 0 Å². The van der Waals surface area contributed by atoms with Crippen LogP contribution in [0.15, 0.2) is 36.7 Å². The Hall–Kier alpha value is -2.87. The van der Waals surface area contributed by atoms with E-state index in [-0.39, 0.29) is 17.9 Å². The first-order valence-corrected chi connectivity index (χ1v) is 10.5. The molecule has 0 bridgehead atoms. The third kappa shape index (κ3) is 4.99. The molecule has 8 nitrogen and oxygen atoms in total. The average molecular weight is 412 g/mol. The molecule has 2 saturated heterocycles. The van der Waals surface area contributed by atoms with Gasteiger partial charge in [-0.25, -0.2) is 9.97 Å². The van der Waals surface area contributed by atoms with Gasteiger partial charge in [0.15, 0.2) is 5.82 Å². The van der Waals surface area contributed by atoms with Crippen molar-refractivity contribution in [3.05, 3.63) is 36.7 Å². The number of nitrogens with one attached hydrogen (secondary N) is 1. The molecule has 30 heavy (non-hydrogen) atoms. The van der Waals surface area contributed by atoms with Crippen molar-refractivity contribution in [2.24, 2.45) is 5.92 Å². The van der Waals surface area contributed by atoms with E-state index in [1.54, 1.807) is 19.5 Å². The smallest absolute Gasteiger partial charge is 0.263 e. The van der Waals surface area contributed by atoms with E-state index < -0.39 is 0 Å². The normalized spacial score (nSPS) is 19.5. The maximum atomic E-state index is 12.5. The summed E-state index contributed by atoms with van der Waals surface area (Å²) >= 11 is 0. The number of ether oxygens (including phenoxy) is 3. The predicted octanol–water partition coefficient (Wildman–Crippen LogP) is 2.79. The van der Waals surface area contributed by atoms with Crippen molar-refractivity contribution < 1.29 is 19.0 Å². The van der Waals surface area contributed by atoms with Crippen molar-refractivity contribution in [3.8, 4) is 17.4 Å². The quantitative estimate of drug-likeness (QED) is 0.748. The third-order valence-corrected chi connectivity index (χ3v) is 5.60. The topological polar surface area (TPSA) is 85.8 Å². The van der Waals surface area contributed by atoms with Crippen molar-refractivity contribution in [1.29, 1.82) is 0 Å². The summed E-state index contributed by atoms with van der Waals surface area (Å²) in [5, 5.41) is 3.06. The first-order valence-electron chi connectivity index (χ1n) is 10.5. The number of hydrogen-bond acceptors (Lipinski definition) is 7. The van der Waals surface area contributed by atoms with Gasteiger partial charge >= 0.3 is 0 Å². The number of aromatic nitrogens is 2. The molecule has 2 fully saturated rings. The molecule has 1 atom stereocenters. The van der Waals surface area contributed by atoms with Crippen LogP contribution in [0.4, 0.5) is 5.82 Å². The zero-order valence-electron chi connectivity index (χ0n) is 17.3. The summed E-state index contributed by atoms with van der Waals surface area (Å²) in [6, 6.07) is 7.39. The number of carbonyl (C=O) groups excluding carboxylic acids is 1. The van der Waals surface area contributed by atoms with Crippen molar-refractivity contribution >= 4 is 11.7 Å². The second-order valence-electron chi connectivity index (χ2n) is 7.61. The highest BCUT2D eigenvalue weighted by Gasteiger charge is 2.28. The van der Waals surface area contributed by atoms with Gasteiger partial charge in [0.25, 0.3) is 5.88 Å². The molecule has 3 heterocycles. The summed E-state index contributed by atoms with van der Waals surface area (Å²) < 4.78 is 16.8. The molecule has 2 aromatic rings. The van der Waals surface area contributed by atoms with Crippen LogP contribution in [0.3, 0.4) is 0 Å². The molecular formula is C22H28N4O4. The van der Waals surface area contributed by atoms with Crippen molar-refractivity contribution in [1.82, 2.24) is 15.3 Å². The second kappa shape index (κ2) is 9.75. The molecule has 0 aliphatic carbocycles. The lowest BCUT2D eigenvalue weighted by Gasteiger charge is -2.32. The van der Waals surface area contributed by atoms with Crippen LogP contribution in [0.25, 0.3) is 0 Å². The fourth-order valence-corrected chi connectivity index (χ4v) is 3.90. The number of piperidine rings is 1. The number of rotatable bonds is 7. The van der Waals surface area contributed by atoms with E-state index in [1.807, 2.05) is 24.3 Å². The minimum atomic E-state index is 0.0158. The summed E-state index contributed by atoms with van der Waals surface area (Å²) in [6.45, 7) is 2.87. The fourth-order valence-electron chi connectivity index (χ4n) is 3.90. The van der Waals surface area contributed by atoms with Gasteiger partial charge in [0.1, 0.15) is 11.5 Å². The zero-order valence-corrected chi connectivity index (χ0v) is 17.3. The Labute approximate surface area is 176 Å². The first-order chi connectivity index (χ1) is 14.7. The highest BCUT2D eigenvalue weighted by atomic mass is 16.5. The summed E-state index contributed by atoms with van der Waals surface area (Å²) in [7, 11) is 1.62. The van der Waals surface area contributed by atoms with Crippen LogP contribution >= 0.6 is 0 Å². The molecule has 0 radical (unpaired) electrons. The molecule has 160 valence electrons. The molecule has 0 spiro atoms. The molecule has 0 saturated carbocycles. The Morgan fingerprint density at radius 3 is 2.77 bits per heavy atom. The van der Waals surface area contributed by atoms with Gasteiger partial charge in [-0.05, 0) is 37.8 Å². The number of hydrogen-bond donors (Lipinski definition) is 1. The van der Waals surface area contributed by atoms with Crippen LogP contribution < -0.4 is 19.7 Å². The maximum Gasteiger partial charge on any atom is 0.263 e. The lowest BCUT2D eigenvalue weighted by molar-refractivity contribution is -0.126. The number of carbonyl (C=O) groups is 1. The standard InChI is InChI=1S/C22H28N4O4/c1-28-17-4-2-5-18(14-17)30-22-20(23-9-10-24-22)26-11-7-16(8-12-26)21(27)25-15-19-6-3-13-29-19/h2,4-5,9-10,14,16,19H,3,6-8,11-13,15H2,1H3,(H,25,27)/t19-/m1/s1. The Morgan fingerprint density at radius 2 is 2.00 bits per heavy atom. The van der Waals surface area contributed by atoms with E-state index in [0.717, 1.165) is 45.4 Å². The predicted molar refractivity (Wildman–Crippen MR) is 112 cm³/mol. The number of methoxy groups -OCH3 is 1. The Bertz CT molecular complexity index is 849. The van der Waals surface area contributed by atoms with E-state index in [2.05, 4.69) is 20.2 Å². The monoisotopic (exact) mass is 412 g/mol. The molecule has 2 aliphatic heterocycles. The van der Waals surface area contributed by atoms with Crippen LogP contribution in [0.1, 0.15) is 25.7 Å². The van der Waals surface area contributed by atoms with E-state index in [1.165, 1.54) is 0 Å². The highest BCUT2D eigenvalue weighted by Crippen LogP contribution is 2.32. The first kappa shape index (κ1) is 20.4. The van der Waals surface area contributed by atoms with E-state index in [4.69, 9.17) is 14.2 Å². The van der Waals surface area contributed by atoms with Gasteiger partial charge in [-0.15, -0.1) is 0 Å². The van der Waals surface area contributed by atoms with Crippen molar-refractivity contribution in [2.45, 2.75) is 31.8 Å². The number of amides is 1. The lowest BCUT2D eigenvalue weighted by Crippen LogP contribution is -2.42. The van der Waals surface area contributed by atoms with Crippen molar-refractivity contribution in [3.63, 3.8) is 0 Å². The van der Waals surface area contributed by atoms with Gasteiger partial charge in [0, 0.05) is 50.6 Å². The molecule has 1 aromatic heterocycles. The van der Waals surface area contributed by atoms with Crippen molar-refractivity contribution in [2.75, 3.05) is 38.3 Å². The number of nitrogens with zero attached hydrogens (tertiary/aromatic N) is 3. The highest BCUT2D eigenvalue weighted by molar-refractivity contribution is 5.79. The molecular weight excluding hydrogens is 384 g/mol. The minimum Gasteiger partial charge on any atom is -0.497 e. The van der Waals surface area contributed by atoms with Crippen LogP contribution in [0, 0.1) is 5.92 Å². The minimum absolute atomic E-state index is 0.0158. The third-order valence-electron chi connectivity index (χ3n) is 5.60. The molecule has 0 unspecified atom stereocenters. The fraction of sp³-hybridized carbons (Fsp3) is 0.500. The van der Waals surface area contributed by atoms with Gasteiger partial charge in [-0.3, -0.25) is 4.79 Å². The second-order valence-corrected chi connectivity index (χ2v) is 7.61. The average Bonchev–Trinajstić information content (AvgIpc) is 3.32. The van der Waals surface area contributed by atoms with Gasteiger partial charge in [0.2, 0.25) is 5.91 Å². The van der Waals surface area contributed by atoms with E-state index in [9.17, 15) is 4.79 Å². The van der Waals surface area contributed by atoms with Gasteiger partial charge in [0.05, 0.1) is 13.2 Å². The molecule has 2 aliphatic rings. The molecule has 4 rings (SSSR count). The molecule has 1 aromatic carbocycles. The Morgan fingerprint density at radius 1 is 1.20 bits per heavy atom. The summed E-state index contributed by atoms with van der Waals surface area (Å²) in [5.41, 5.74) is 0. The Kier molecular flexibility index (Phi) is 6.63. The van der Waals surface area contributed by atoms with Crippen LogP contribution in [-0.2, 0) is 9.53 Å². The molecule has 1 amide bonds. The number of anilines is 1. The Balaban J connectivity index is 1.34. The summed E-state index contributed by atoms with van der Waals surface area (Å²) in [5.74, 6) is 2.64.